The van der Waals surface area contributed by atoms with E-state index >= 15 is 0 Å². The van der Waals surface area contributed by atoms with Gasteiger partial charge in [-0.25, -0.2) is 4.79 Å². The monoisotopic (exact) mass is 365 g/mol. The van der Waals surface area contributed by atoms with E-state index in [9.17, 15) is 13.2 Å². The lowest BCUT2D eigenvalue weighted by Crippen LogP contribution is -2.43. The van der Waals surface area contributed by atoms with Crippen LogP contribution in [0.2, 0.25) is 0 Å². The predicted molar refractivity (Wildman–Crippen MR) is 81.0 cm³/mol. The molecule has 0 spiro atoms. The Hall–Kier alpha value is -1.58. The highest BCUT2D eigenvalue weighted by Crippen LogP contribution is 2.32. The van der Waals surface area contributed by atoms with Gasteiger partial charge in [-0.15, -0.1) is 0 Å². The summed E-state index contributed by atoms with van der Waals surface area (Å²) in [5, 5.41) is 7.12. The Kier molecular flexibility index (Phi) is 6.86. The molecule has 9 heteroatoms. The number of halogens is 3. The third-order valence-electron chi connectivity index (χ3n) is 4.28. The highest BCUT2D eigenvalue weighted by Gasteiger charge is 2.40. The van der Waals surface area contributed by atoms with Crippen LogP contribution in [0.5, 0.6) is 0 Å². The van der Waals surface area contributed by atoms with Gasteiger partial charge < -0.3 is 19.0 Å². The Morgan fingerprint density at radius 1 is 1.40 bits per heavy atom. The molecule has 6 nitrogen and oxygen atoms in total. The maximum Gasteiger partial charge on any atom is 0.490 e. The summed E-state index contributed by atoms with van der Waals surface area (Å²) in [6.07, 6.45) is 0.775. The molecule has 2 saturated heterocycles. The molecule has 0 aromatic carbocycles. The van der Waals surface area contributed by atoms with Gasteiger partial charge in [0.2, 0.25) is 0 Å². The van der Waals surface area contributed by atoms with E-state index in [0.29, 0.717) is 18.2 Å². The Morgan fingerprint density at radius 3 is 2.68 bits per heavy atom. The van der Waals surface area contributed by atoms with E-state index in [2.05, 4.69) is 4.90 Å². The van der Waals surface area contributed by atoms with Crippen molar-refractivity contribution in [3.8, 4) is 0 Å². The van der Waals surface area contributed by atoms with E-state index in [1.165, 1.54) is 6.42 Å². The summed E-state index contributed by atoms with van der Waals surface area (Å²) < 4.78 is 48.5. The molecular formula is C16H22F3NO5. The van der Waals surface area contributed by atoms with Gasteiger partial charge in [0.25, 0.3) is 0 Å². The zero-order valence-electron chi connectivity index (χ0n) is 13.9. The van der Waals surface area contributed by atoms with Crippen LogP contribution < -0.4 is 0 Å². The summed E-state index contributed by atoms with van der Waals surface area (Å²) in [4.78, 5) is 11.4. The van der Waals surface area contributed by atoms with Crippen molar-refractivity contribution in [2.75, 3.05) is 20.3 Å². The van der Waals surface area contributed by atoms with E-state index in [4.69, 9.17) is 23.8 Å². The van der Waals surface area contributed by atoms with Crippen LogP contribution in [0.1, 0.15) is 25.0 Å². The number of ether oxygens (including phenoxy) is 2. The number of carboxylic acid groups (broad SMARTS) is 1. The molecule has 3 heterocycles. The number of fused-ring (bicyclic) bond motifs is 1. The smallest absolute Gasteiger partial charge is 0.475 e. The van der Waals surface area contributed by atoms with Crippen LogP contribution in [-0.4, -0.2) is 60.7 Å². The van der Waals surface area contributed by atoms with Crippen molar-refractivity contribution < 1.29 is 37.0 Å². The number of aliphatic carboxylic acids is 1. The number of nitrogens with zero attached hydrogens (tertiary/aromatic N) is 1. The Balaban J connectivity index is 0.000000277. The first-order chi connectivity index (χ1) is 11.8. The summed E-state index contributed by atoms with van der Waals surface area (Å²) in [5.74, 6) is -1.71. The van der Waals surface area contributed by atoms with Crippen LogP contribution in [0.4, 0.5) is 13.2 Å². The van der Waals surface area contributed by atoms with Crippen LogP contribution in [0.3, 0.4) is 0 Å². The fraction of sp³-hybridized carbons (Fsp3) is 0.688. The van der Waals surface area contributed by atoms with Gasteiger partial charge in [-0.05, 0) is 31.4 Å². The first kappa shape index (κ1) is 19.7. The van der Waals surface area contributed by atoms with Gasteiger partial charge in [-0.3, -0.25) is 4.90 Å². The highest BCUT2D eigenvalue weighted by molar-refractivity contribution is 5.73. The third-order valence-corrected chi connectivity index (χ3v) is 4.28. The Bertz CT molecular complexity index is 534. The molecule has 0 bridgehead atoms. The minimum atomic E-state index is -5.08. The highest BCUT2D eigenvalue weighted by atomic mass is 19.4. The van der Waals surface area contributed by atoms with Crippen molar-refractivity contribution in [2.24, 2.45) is 0 Å². The van der Waals surface area contributed by atoms with E-state index in [-0.39, 0.29) is 0 Å². The second-order valence-electron chi connectivity index (χ2n) is 6.04. The summed E-state index contributed by atoms with van der Waals surface area (Å²) in [5.41, 5.74) is 0. The number of hydrogen-bond donors (Lipinski definition) is 1. The predicted octanol–water partition coefficient (Wildman–Crippen LogP) is 2.68. The van der Waals surface area contributed by atoms with Crippen LogP contribution in [0.25, 0.3) is 0 Å². The topological polar surface area (TPSA) is 72.1 Å². The summed E-state index contributed by atoms with van der Waals surface area (Å²) in [6.45, 7) is 2.74. The molecule has 0 unspecified atom stereocenters. The largest absolute Gasteiger partial charge is 0.490 e. The van der Waals surface area contributed by atoms with E-state index in [1.54, 1.807) is 13.4 Å². The van der Waals surface area contributed by atoms with Gasteiger partial charge in [0.15, 0.2) is 0 Å². The van der Waals surface area contributed by atoms with Crippen molar-refractivity contribution in [1.82, 2.24) is 4.90 Å². The molecule has 3 rings (SSSR count). The zero-order chi connectivity index (χ0) is 18.4. The van der Waals surface area contributed by atoms with Crippen molar-refractivity contribution in [2.45, 2.75) is 50.2 Å². The number of carboxylic acids is 1. The SMILES string of the molecule is COC[C@H]1CC[C@@H]2[C@@H](CCN2Cc2ccco2)O1.O=C(O)C(F)(F)F. The van der Waals surface area contributed by atoms with Gasteiger partial charge in [0.1, 0.15) is 5.76 Å². The minimum Gasteiger partial charge on any atom is -0.475 e. The quantitative estimate of drug-likeness (QED) is 0.885. The van der Waals surface area contributed by atoms with Crippen molar-refractivity contribution >= 4 is 5.97 Å². The van der Waals surface area contributed by atoms with Gasteiger partial charge >= 0.3 is 12.1 Å². The first-order valence-corrected chi connectivity index (χ1v) is 8.02. The van der Waals surface area contributed by atoms with Gasteiger partial charge in [0.05, 0.1) is 31.6 Å². The first-order valence-electron chi connectivity index (χ1n) is 8.02. The van der Waals surface area contributed by atoms with E-state index < -0.39 is 12.1 Å². The van der Waals surface area contributed by atoms with Crippen molar-refractivity contribution in [1.29, 1.82) is 0 Å². The molecule has 0 radical (unpaired) electrons. The zero-order valence-corrected chi connectivity index (χ0v) is 13.9. The average Bonchev–Trinajstić information content (AvgIpc) is 3.18. The normalized spacial score (nSPS) is 26.6. The van der Waals surface area contributed by atoms with E-state index in [1.807, 2.05) is 12.1 Å². The number of methoxy groups -OCH3 is 1. The molecule has 2 fully saturated rings. The molecule has 1 aromatic rings. The molecule has 142 valence electrons. The number of carbonyl (C=O) groups is 1. The molecule has 0 saturated carbocycles. The molecule has 3 atom stereocenters. The second kappa shape index (κ2) is 8.68. The number of rotatable bonds is 4. The fourth-order valence-electron chi connectivity index (χ4n) is 3.19. The fourth-order valence-corrected chi connectivity index (χ4v) is 3.19. The molecule has 1 N–H and O–H groups in total. The molecule has 1 aromatic heterocycles. The minimum absolute atomic E-state index is 0.291. The lowest BCUT2D eigenvalue weighted by molar-refractivity contribution is -0.192. The molecule has 25 heavy (non-hydrogen) atoms. The molecule has 0 aliphatic carbocycles. The summed E-state index contributed by atoms with van der Waals surface area (Å²) in [7, 11) is 1.74. The van der Waals surface area contributed by atoms with Crippen molar-refractivity contribution in [3.05, 3.63) is 24.2 Å². The number of alkyl halides is 3. The van der Waals surface area contributed by atoms with Crippen molar-refractivity contribution in [3.63, 3.8) is 0 Å². The number of hydrogen-bond acceptors (Lipinski definition) is 5. The average molecular weight is 365 g/mol. The maximum absolute atomic E-state index is 10.6. The van der Waals surface area contributed by atoms with Crippen LogP contribution in [0, 0.1) is 0 Å². The summed E-state index contributed by atoms with van der Waals surface area (Å²) in [6, 6.07) is 4.56. The Morgan fingerprint density at radius 2 is 2.12 bits per heavy atom. The standard InChI is InChI=1S/C14H21NO3.C2HF3O2/c1-16-10-12-4-5-13-14(18-12)6-7-15(13)9-11-3-2-8-17-11;3-2(4,5)1(6)7/h2-3,8,12-14H,4-7,9-10H2,1H3;(H,6,7)/t12-,13-,14-;/m1./s1. The van der Waals surface area contributed by atoms with Gasteiger partial charge in [-0.1, -0.05) is 0 Å². The van der Waals surface area contributed by atoms with Gasteiger partial charge in [-0.2, -0.15) is 13.2 Å². The third kappa shape index (κ3) is 5.72. The lowest BCUT2D eigenvalue weighted by atomic mass is 9.99. The molecule has 0 amide bonds. The van der Waals surface area contributed by atoms with Crippen LogP contribution in [0.15, 0.2) is 22.8 Å². The second-order valence-corrected chi connectivity index (χ2v) is 6.04. The van der Waals surface area contributed by atoms with Gasteiger partial charge in [0, 0.05) is 19.7 Å². The number of furan rings is 1. The molecule has 2 aliphatic rings. The lowest BCUT2D eigenvalue weighted by Gasteiger charge is -2.35. The maximum atomic E-state index is 10.6. The molecule has 2 aliphatic heterocycles. The number of likely N-dealkylation sites (tertiary alicyclic amines) is 1. The van der Waals surface area contributed by atoms with Crippen LogP contribution >= 0.6 is 0 Å². The van der Waals surface area contributed by atoms with E-state index in [0.717, 1.165) is 38.3 Å². The van der Waals surface area contributed by atoms with Crippen LogP contribution in [-0.2, 0) is 20.8 Å². The summed E-state index contributed by atoms with van der Waals surface area (Å²) >= 11 is 0. The molecular weight excluding hydrogens is 343 g/mol. The Labute approximate surface area is 143 Å².